The second-order valence-electron chi connectivity index (χ2n) is 6.63. The van der Waals surface area contributed by atoms with Gasteiger partial charge in [0.1, 0.15) is 5.60 Å². The van der Waals surface area contributed by atoms with E-state index in [0.717, 1.165) is 25.9 Å². The quantitative estimate of drug-likeness (QED) is 0.844. The van der Waals surface area contributed by atoms with Crippen LogP contribution in [0.15, 0.2) is 6.07 Å². The van der Waals surface area contributed by atoms with Crippen LogP contribution in [0.1, 0.15) is 61.8 Å². The molecule has 3 atom stereocenters. The van der Waals surface area contributed by atoms with Crippen LogP contribution < -0.4 is 5.32 Å². The molecular weight excluding hydrogens is 254 g/mol. The molecule has 1 spiro atoms. The number of fused-ring (bicyclic) bond motifs is 2. The van der Waals surface area contributed by atoms with Crippen LogP contribution in [0.25, 0.3) is 0 Å². The summed E-state index contributed by atoms with van der Waals surface area (Å²) in [5.41, 5.74) is 1.55. The average Bonchev–Trinajstić information content (AvgIpc) is 2.73. The van der Waals surface area contributed by atoms with E-state index < -0.39 is 0 Å². The van der Waals surface area contributed by atoms with Gasteiger partial charge < -0.3 is 10.1 Å². The van der Waals surface area contributed by atoms with Crippen molar-refractivity contribution in [2.45, 2.75) is 70.6 Å². The van der Waals surface area contributed by atoms with Crippen LogP contribution in [-0.2, 0) is 16.8 Å². The molecule has 2 aliphatic rings. The van der Waals surface area contributed by atoms with Gasteiger partial charge in [-0.25, -0.2) is 0 Å². The van der Waals surface area contributed by atoms with Crippen molar-refractivity contribution in [3.63, 3.8) is 0 Å². The van der Waals surface area contributed by atoms with E-state index >= 15 is 0 Å². The van der Waals surface area contributed by atoms with Crippen molar-refractivity contribution in [2.75, 3.05) is 6.61 Å². The van der Waals surface area contributed by atoms with Crippen molar-refractivity contribution in [1.29, 1.82) is 0 Å². The molecule has 3 heterocycles. The molecular formula is C16H25NOS. The Kier molecular flexibility index (Phi) is 3.48. The number of thiophene rings is 1. The van der Waals surface area contributed by atoms with Crippen LogP contribution in [0, 0.1) is 0 Å². The zero-order valence-electron chi connectivity index (χ0n) is 12.5. The maximum Gasteiger partial charge on any atom is 0.105 e. The maximum absolute atomic E-state index is 6.34. The Morgan fingerprint density at radius 2 is 2.00 bits per heavy atom. The zero-order chi connectivity index (χ0) is 13.6. The van der Waals surface area contributed by atoms with Gasteiger partial charge in [0, 0.05) is 21.8 Å². The van der Waals surface area contributed by atoms with Gasteiger partial charge in [-0.2, -0.15) is 0 Å². The summed E-state index contributed by atoms with van der Waals surface area (Å²) in [6.07, 6.45) is 3.32. The fourth-order valence-electron chi connectivity index (χ4n) is 3.71. The van der Waals surface area contributed by atoms with E-state index in [9.17, 15) is 0 Å². The van der Waals surface area contributed by atoms with Crippen LogP contribution in [0.4, 0.5) is 0 Å². The lowest BCUT2D eigenvalue weighted by molar-refractivity contribution is -0.0932. The molecule has 0 aliphatic carbocycles. The molecule has 0 amide bonds. The first-order chi connectivity index (χ1) is 9.00. The number of hydrogen-bond acceptors (Lipinski definition) is 3. The summed E-state index contributed by atoms with van der Waals surface area (Å²) in [4.78, 5) is 3.05. The van der Waals surface area contributed by atoms with Gasteiger partial charge in [0.2, 0.25) is 0 Å². The van der Waals surface area contributed by atoms with E-state index in [1.807, 2.05) is 11.3 Å². The molecule has 2 nitrogen and oxygen atoms in total. The van der Waals surface area contributed by atoms with Crippen LogP contribution >= 0.6 is 11.3 Å². The van der Waals surface area contributed by atoms with Crippen molar-refractivity contribution >= 4 is 11.3 Å². The van der Waals surface area contributed by atoms with Crippen LogP contribution in [0.5, 0.6) is 0 Å². The molecule has 3 rings (SSSR count). The van der Waals surface area contributed by atoms with E-state index in [2.05, 4.69) is 39.1 Å². The summed E-state index contributed by atoms with van der Waals surface area (Å²) in [6.45, 7) is 10.0. The Morgan fingerprint density at radius 3 is 2.63 bits per heavy atom. The SMILES string of the molecule is CC(C)c1cc2c(s1)C1(C[C@@H](C)N[C@@H](C)C1)OCC2. The van der Waals surface area contributed by atoms with Crippen molar-refractivity contribution in [2.24, 2.45) is 0 Å². The first-order valence-corrected chi connectivity index (χ1v) is 8.35. The van der Waals surface area contributed by atoms with E-state index in [1.165, 1.54) is 9.75 Å². The Hall–Kier alpha value is -0.380. The van der Waals surface area contributed by atoms with Crippen LogP contribution in [-0.4, -0.2) is 18.7 Å². The fourth-order valence-corrected chi connectivity index (χ4v) is 5.08. The summed E-state index contributed by atoms with van der Waals surface area (Å²) in [5, 5.41) is 3.64. The van der Waals surface area contributed by atoms with Gasteiger partial charge in [-0.15, -0.1) is 11.3 Å². The van der Waals surface area contributed by atoms with Crippen molar-refractivity contribution in [1.82, 2.24) is 5.32 Å². The van der Waals surface area contributed by atoms with Crippen molar-refractivity contribution < 1.29 is 4.74 Å². The summed E-state index contributed by atoms with van der Waals surface area (Å²) >= 11 is 2.00. The molecule has 1 unspecified atom stereocenters. The molecule has 1 aromatic heterocycles. The first kappa shape index (κ1) is 13.6. The predicted molar refractivity (Wildman–Crippen MR) is 81.0 cm³/mol. The zero-order valence-corrected chi connectivity index (χ0v) is 13.3. The minimum absolute atomic E-state index is 0.00449. The highest BCUT2D eigenvalue weighted by atomic mass is 32.1. The molecule has 0 aromatic carbocycles. The molecule has 0 bridgehead atoms. The standard InChI is InChI=1S/C16H25NOS/c1-10(2)14-7-13-5-6-18-16(15(13)19-14)8-11(3)17-12(4)9-16/h7,10-12,17H,5-6,8-9H2,1-4H3/t11-,12+,16?. The molecule has 106 valence electrons. The summed E-state index contributed by atoms with van der Waals surface area (Å²) in [7, 11) is 0. The lowest BCUT2D eigenvalue weighted by atomic mass is 9.80. The van der Waals surface area contributed by atoms with Crippen molar-refractivity contribution in [3.05, 3.63) is 21.4 Å². The molecule has 3 heteroatoms. The van der Waals surface area contributed by atoms with Crippen LogP contribution in [0.2, 0.25) is 0 Å². The Morgan fingerprint density at radius 1 is 1.32 bits per heavy atom. The third kappa shape index (κ3) is 2.37. The van der Waals surface area contributed by atoms with Crippen LogP contribution in [0.3, 0.4) is 0 Å². The highest BCUT2D eigenvalue weighted by Crippen LogP contribution is 2.47. The average molecular weight is 279 g/mol. The lowest BCUT2D eigenvalue weighted by Gasteiger charge is -2.45. The summed E-state index contributed by atoms with van der Waals surface area (Å²) in [6, 6.07) is 3.52. The minimum atomic E-state index is -0.00449. The largest absolute Gasteiger partial charge is 0.369 e. The van der Waals surface area contributed by atoms with Gasteiger partial charge in [-0.05, 0) is 50.7 Å². The topological polar surface area (TPSA) is 21.3 Å². The molecule has 2 aliphatic heterocycles. The molecule has 1 aromatic rings. The number of rotatable bonds is 1. The third-order valence-corrected chi connectivity index (χ3v) is 6.06. The molecule has 19 heavy (non-hydrogen) atoms. The van der Waals surface area contributed by atoms with Gasteiger partial charge in [0.15, 0.2) is 0 Å². The first-order valence-electron chi connectivity index (χ1n) is 7.53. The van der Waals surface area contributed by atoms with Crippen molar-refractivity contribution in [3.8, 4) is 0 Å². The molecule has 1 fully saturated rings. The Labute approximate surface area is 120 Å². The van der Waals surface area contributed by atoms with Gasteiger partial charge in [-0.3, -0.25) is 0 Å². The minimum Gasteiger partial charge on any atom is -0.369 e. The highest BCUT2D eigenvalue weighted by molar-refractivity contribution is 7.12. The van der Waals surface area contributed by atoms with E-state index in [0.29, 0.717) is 18.0 Å². The van der Waals surface area contributed by atoms with Gasteiger partial charge in [0.05, 0.1) is 6.61 Å². The molecule has 0 saturated carbocycles. The molecule has 1 N–H and O–H groups in total. The van der Waals surface area contributed by atoms with Gasteiger partial charge in [0.25, 0.3) is 0 Å². The summed E-state index contributed by atoms with van der Waals surface area (Å²) in [5.74, 6) is 0.629. The summed E-state index contributed by atoms with van der Waals surface area (Å²) < 4.78 is 6.34. The molecule has 0 radical (unpaired) electrons. The second-order valence-corrected chi connectivity index (χ2v) is 7.71. The van der Waals surface area contributed by atoms with Gasteiger partial charge >= 0.3 is 0 Å². The van der Waals surface area contributed by atoms with Gasteiger partial charge in [-0.1, -0.05) is 13.8 Å². The monoisotopic (exact) mass is 279 g/mol. The number of piperidine rings is 1. The predicted octanol–water partition coefficient (Wildman–Crippen LogP) is 3.80. The Bertz CT molecular complexity index is 455. The van der Waals surface area contributed by atoms with E-state index in [4.69, 9.17) is 4.74 Å². The smallest absolute Gasteiger partial charge is 0.105 e. The second kappa shape index (κ2) is 4.87. The normalized spacial score (nSPS) is 34.8. The fraction of sp³-hybridized carbons (Fsp3) is 0.750. The number of hydrogen-bond donors (Lipinski definition) is 1. The highest BCUT2D eigenvalue weighted by Gasteiger charge is 2.44. The Balaban J connectivity index is 2.01. The van der Waals surface area contributed by atoms with E-state index in [1.54, 1.807) is 5.56 Å². The lowest BCUT2D eigenvalue weighted by Crippen LogP contribution is -2.52. The maximum atomic E-state index is 6.34. The number of ether oxygens (including phenoxy) is 1. The van der Waals surface area contributed by atoms with E-state index in [-0.39, 0.29) is 5.60 Å². The number of nitrogens with one attached hydrogen (secondary N) is 1. The third-order valence-electron chi connectivity index (χ3n) is 4.40. The molecule has 1 saturated heterocycles.